The predicted octanol–water partition coefficient (Wildman–Crippen LogP) is 6.03. The van der Waals surface area contributed by atoms with Crippen LogP contribution in [0, 0.1) is 5.92 Å². The van der Waals surface area contributed by atoms with E-state index in [1.165, 1.54) is 62.4 Å². The van der Waals surface area contributed by atoms with Crippen molar-refractivity contribution in [1.29, 1.82) is 0 Å². The van der Waals surface area contributed by atoms with Gasteiger partial charge in [-0.3, -0.25) is 0 Å². The standard InChI is InChI=1S/C19H42N/c1-8-12-13-14-16-18(6)20(7,11-4)19(10-3)17(5)15-9-2/h17-19H,8-16H2,1-7H3/q+1. The Hall–Kier alpha value is -0.0400. The minimum Gasteiger partial charge on any atom is -0.321 e. The van der Waals surface area contributed by atoms with Crippen molar-refractivity contribution in [3.05, 3.63) is 0 Å². The highest BCUT2D eigenvalue weighted by atomic mass is 15.4. The molecule has 0 fully saturated rings. The number of nitrogens with zero attached hydrogens (tertiary/aromatic N) is 1. The van der Waals surface area contributed by atoms with E-state index in [0.29, 0.717) is 0 Å². The van der Waals surface area contributed by atoms with E-state index < -0.39 is 0 Å². The summed E-state index contributed by atoms with van der Waals surface area (Å²) in [6.45, 7) is 15.7. The second-order valence-corrected chi connectivity index (χ2v) is 7.10. The van der Waals surface area contributed by atoms with Crippen LogP contribution in [-0.2, 0) is 0 Å². The van der Waals surface area contributed by atoms with E-state index in [0.717, 1.165) is 18.0 Å². The summed E-state index contributed by atoms with van der Waals surface area (Å²) >= 11 is 0. The van der Waals surface area contributed by atoms with Gasteiger partial charge in [0, 0.05) is 5.92 Å². The fourth-order valence-corrected chi connectivity index (χ4v) is 4.08. The molecule has 0 spiro atoms. The van der Waals surface area contributed by atoms with Crippen molar-refractivity contribution in [3.8, 4) is 0 Å². The quantitative estimate of drug-likeness (QED) is 0.303. The average Bonchev–Trinajstić information content (AvgIpc) is 2.44. The summed E-state index contributed by atoms with van der Waals surface area (Å²) in [5, 5.41) is 0. The van der Waals surface area contributed by atoms with E-state index in [9.17, 15) is 0 Å². The van der Waals surface area contributed by atoms with E-state index in [1.54, 1.807) is 0 Å². The lowest BCUT2D eigenvalue weighted by molar-refractivity contribution is -0.957. The van der Waals surface area contributed by atoms with Gasteiger partial charge in [-0.15, -0.1) is 0 Å². The van der Waals surface area contributed by atoms with E-state index in [4.69, 9.17) is 0 Å². The van der Waals surface area contributed by atoms with Crippen LogP contribution in [0.15, 0.2) is 0 Å². The zero-order chi connectivity index (χ0) is 15.6. The summed E-state index contributed by atoms with van der Waals surface area (Å²) in [7, 11) is 2.52. The molecule has 20 heavy (non-hydrogen) atoms. The van der Waals surface area contributed by atoms with Crippen LogP contribution in [0.3, 0.4) is 0 Å². The van der Waals surface area contributed by atoms with E-state index in [-0.39, 0.29) is 0 Å². The van der Waals surface area contributed by atoms with Crippen LogP contribution in [0.1, 0.15) is 92.9 Å². The molecule has 1 nitrogen and oxygen atoms in total. The zero-order valence-corrected chi connectivity index (χ0v) is 15.5. The molecule has 4 atom stereocenters. The Kier molecular flexibility index (Phi) is 10.6. The first-order valence-corrected chi connectivity index (χ1v) is 9.32. The van der Waals surface area contributed by atoms with Crippen LogP contribution in [0.25, 0.3) is 0 Å². The lowest BCUT2D eigenvalue weighted by Crippen LogP contribution is -2.59. The van der Waals surface area contributed by atoms with Crippen molar-refractivity contribution >= 4 is 0 Å². The predicted molar refractivity (Wildman–Crippen MR) is 93.1 cm³/mol. The second kappa shape index (κ2) is 10.7. The highest BCUT2D eigenvalue weighted by Gasteiger charge is 2.37. The first kappa shape index (κ1) is 20.0. The zero-order valence-electron chi connectivity index (χ0n) is 15.5. The Balaban J connectivity index is 4.67. The van der Waals surface area contributed by atoms with Gasteiger partial charge in [-0.25, -0.2) is 0 Å². The lowest BCUT2D eigenvalue weighted by atomic mass is 9.89. The maximum atomic E-state index is 2.52. The largest absolute Gasteiger partial charge is 0.321 e. The molecule has 0 aliphatic carbocycles. The van der Waals surface area contributed by atoms with Gasteiger partial charge in [0.25, 0.3) is 0 Å². The molecule has 0 saturated heterocycles. The Morgan fingerprint density at radius 1 is 0.800 bits per heavy atom. The van der Waals surface area contributed by atoms with Gasteiger partial charge < -0.3 is 4.48 Å². The molecule has 1 heteroatoms. The Labute approximate surface area is 129 Å². The van der Waals surface area contributed by atoms with E-state index in [2.05, 4.69) is 48.6 Å². The van der Waals surface area contributed by atoms with Crippen molar-refractivity contribution in [2.45, 2.75) is 105 Å². The minimum atomic E-state index is 0.807. The van der Waals surface area contributed by atoms with Gasteiger partial charge >= 0.3 is 0 Å². The van der Waals surface area contributed by atoms with E-state index in [1.807, 2.05) is 0 Å². The molecule has 0 rings (SSSR count). The molecule has 4 unspecified atom stereocenters. The molecule has 122 valence electrons. The van der Waals surface area contributed by atoms with Crippen LogP contribution < -0.4 is 0 Å². The van der Waals surface area contributed by atoms with Crippen LogP contribution in [0.5, 0.6) is 0 Å². The average molecular weight is 285 g/mol. The molecular weight excluding hydrogens is 242 g/mol. The van der Waals surface area contributed by atoms with Crippen LogP contribution >= 0.6 is 0 Å². The summed E-state index contributed by atoms with van der Waals surface area (Å²) < 4.78 is 1.28. The van der Waals surface area contributed by atoms with Gasteiger partial charge in [0.05, 0.1) is 25.7 Å². The monoisotopic (exact) mass is 284 g/mol. The van der Waals surface area contributed by atoms with Crippen molar-refractivity contribution in [2.24, 2.45) is 5.92 Å². The summed E-state index contributed by atoms with van der Waals surface area (Å²) in [6.07, 6.45) is 11.0. The third kappa shape index (κ3) is 5.76. The van der Waals surface area contributed by atoms with Crippen molar-refractivity contribution in [2.75, 3.05) is 13.6 Å². The Bertz CT molecular complexity index is 226. The number of quaternary nitrogens is 1. The molecule has 0 aliphatic heterocycles. The number of hydrogen-bond donors (Lipinski definition) is 0. The molecule has 0 saturated carbocycles. The van der Waals surface area contributed by atoms with Crippen LogP contribution in [0.2, 0.25) is 0 Å². The second-order valence-electron chi connectivity index (χ2n) is 7.10. The summed E-state index contributed by atoms with van der Waals surface area (Å²) in [4.78, 5) is 0. The van der Waals surface area contributed by atoms with Crippen molar-refractivity contribution in [1.82, 2.24) is 0 Å². The summed E-state index contributed by atoms with van der Waals surface area (Å²) in [5.74, 6) is 0.855. The molecular formula is C19H42N+. The number of rotatable bonds is 12. The van der Waals surface area contributed by atoms with Gasteiger partial charge in [0.15, 0.2) is 0 Å². The molecule has 0 radical (unpaired) electrons. The maximum Gasteiger partial charge on any atom is 0.0913 e. The smallest absolute Gasteiger partial charge is 0.0913 e. The lowest BCUT2D eigenvalue weighted by Gasteiger charge is -2.48. The Morgan fingerprint density at radius 3 is 1.90 bits per heavy atom. The summed E-state index contributed by atoms with van der Waals surface area (Å²) in [5.41, 5.74) is 0. The fourth-order valence-electron chi connectivity index (χ4n) is 4.08. The van der Waals surface area contributed by atoms with Crippen LogP contribution in [0.4, 0.5) is 0 Å². The normalized spacial score (nSPS) is 19.4. The van der Waals surface area contributed by atoms with Crippen LogP contribution in [-0.4, -0.2) is 30.2 Å². The van der Waals surface area contributed by atoms with Gasteiger partial charge in [0.1, 0.15) is 0 Å². The molecule has 0 bridgehead atoms. The number of unbranched alkanes of at least 4 members (excludes halogenated alkanes) is 3. The molecule has 0 aromatic heterocycles. The van der Waals surface area contributed by atoms with Gasteiger partial charge in [-0.05, 0) is 39.5 Å². The molecule has 0 aliphatic rings. The topological polar surface area (TPSA) is 0 Å². The molecule has 0 aromatic rings. The SMILES string of the molecule is CCCCCCC(C)[N+](C)(CC)C(CC)C(C)CCC. The number of hydrogen-bond acceptors (Lipinski definition) is 0. The fraction of sp³-hybridized carbons (Fsp3) is 1.00. The van der Waals surface area contributed by atoms with Gasteiger partial charge in [-0.1, -0.05) is 53.4 Å². The maximum absolute atomic E-state index is 2.52. The van der Waals surface area contributed by atoms with Gasteiger partial charge in [-0.2, -0.15) is 0 Å². The highest BCUT2D eigenvalue weighted by Crippen LogP contribution is 2.29. The molecule has 0 N–H and O–H groups in total. The third-order valence-corrected chi connectivity index (χ3v) is 5.74. The summed E-state index contributed by atoms with van der Waals surface area (Å²) in [6, 6.07) is 1.64. The molecule has 0 heterocycles. The van der Waals surface area contributed by atoms with Gasteiger partial charge in [0.2, 0.25) is 0 Å². The minimum absolute atomic E-state index is 0.807. The first-order chi connectivity index (χ1) is 9.47. The third-order valence-electron chi connectivity index (χ3n) is 5.74. The van der Waals surface area contributed by atoms with Crippen molar-refractivity contribution < 1.29 is 4.48 Å². The Morgan fingerprint density at radius 2 is 1.45 bits per heavy atom. The molecule has 0 aromatic carbocycles. The van der Waals surface area contributed by atoms with E-state index >= 15 is 0 Å². The first-order valence-electron chi connectivity index (χ1n) is 9.32. The molecule has 0 amide bonds. The van der Waals surface area contributed by atoms with Crippen molar-refractivity contribution in [3.63, 3.8) is 0 Å². The highest BCUT2D eigenvalue weighted by molar-refractivity contribution is 4.69.